The summed E-state index contributed by atoms with van der Waals surface area (Å²) in [5, 5.41) is 5.16. The van der Waals surface area contributed by atoms with Crippen LogP contribution in [0.3, 0.4) is 0 Å². The maximum atomic E-state index is 12.3. The number of aromatic nitrogens is 1. The van der Waals surface area contributed by atoms with Gasteiger partial charge in [-0.1, -0.05) is 13.8 Å². The number of hydrogen-bond acceptors (Lipinski definition) is 6. The monoisotopic (exact) mass is 385 g/mol. The lowest BCUT2D eigenvalue weighted by molar-refractivity contribution is -0.131. The fraction of sp³-hybridized carbons (Fsp3) is 0.643. The number of halogens is 2. The Bertz CT molecular complexity index is 485. The molecule has 1 aromatic rings. The molecule has 0 aliphatic heterocycles. The van der Waals surface area contributed by atoms with Gasteiger partial charge in [0.15, 0.2) is 5.69 Å². The summed E-state index contributed by atoms with van der Waals surface area (Å²) in [6, 6.07) is 0. The predicted octanol–water partition coefficient (Wildman–Crippen LogP) is 2.54. The average molecular weight is 386 g/mol. The van der Waals surface area contributed by atoms with Gasteiger partial charge in [0.05, 0.1) is 18.6 Å². The lowest BCUT2D eigenvalue weighted by atomic mass is 9.81. The van der Waals surface area contributed by atoms with Crippen LogP contribution in [0.15, 0.2) is 5.38 Å². The van der Waals surface area contributed by atoms with Gasteiger partial charge in [-0.15, -0.1) is 36.2 Å². The Hall–Kier alpha value is -0.890. The highest BCUT2D eigenvalue weighted by atomic mass is 35.5. The average Bonchev–Trinajstić information content (AvgIpc) is 2.97. The van der Waals surface area contributed by atoms with E-state index >= 15 is 0 Å². The molecule has 0 atom stereocenters. The number of carbonyl (C=O) groups is 2. The number of nitrogens with zero attached hydrogens (tertiary/aromatic N) is 1. The van der Waals surface area contributed by atoms with Gasteiger partial charge in [0, 0.05) is 11.9 Å². The van der Waals surface area contributed by atoms with E-state index in [4.69, 9.17) is 10.5 Å². The quantitative estimate of drug-likeness (QED) is 0.670. The third kappa shape index (κ3) is 6.25. The summed E-state index contributed by atoms with van der Waals surface area (Å²) in [6.45, 7) is 6.58. The zero-order valence-electron chi connectivity index (χ0n) is 13.6. The smallest absolute Gasteiger partial charge is 0.357 e. The Morgan fingerprint density at radius 3 is 2.39 bits per heavy atom. The van der Waals surface area contributed by atoms with Crippen LogP contribution in [0, 0.1) is 5.41 Å². The van der Waals surface area contributed by atoms with Crippen LogP contribution in [0.25, 0.3) is 0 Å². The number of carbonyl (C=O) groups excluding carboxylic acids is 2. The molecule has 1 aromatic heterocycles. The summed E-state index contributed by atoms with van der Waals surface area (Å²) >= 11 is 1.32. The number of amides is 1. The molecule has 1 amide bonds. The van der Waals surface area contributed by atoms with E-state index in [9.17, 15) is 9.59 Å². The van der Waals surface area contributed by atoms with Crippen molar-refractivity contribution >= 4 is 48.0 Å². The molecule has 0 aromatic carbocycles. The molecule has 0 fully saturated rings. The topological polar surface area (TPSA) is 94.3 Å². The van der Waals surface area contributed by atoms with Gasteiger partial charge in [-0.05, 0) is 19.8 Å². The Labute approximate surface area is 153 Å². The lowest BCUT2D eigenvalue weighted by Gasteiger charge is -2.28. The van der Waals surface area contributed by atoms with Gasteiger partial charge in [-0.3, -0.25) is 4.79 Å². The Morgan fingerprint density at radius 1 is 1.30 bits per heavy atom. The molecule has 0 spiro atoms. The highest BCUT2D eigenvalue weighted by Gasteiger charge is 2.33. The first-order valence-electron chi connectivity index (χ1n) is 7.12. The van der Waals surface area contributed by atoms with Gasteiger partial charge in [0.1, 0.15) is 5.01 Å². The summed E-state index contributed by atoms with van der Waals surface area (Å²) in [5.74, 6) is -0.507. The third-order valence-electron chi connectivity index (χ3n) is 3.66. The van der Waals surface area contributed by atoms with E-state index < -0.39 is 11.4 Å². The summed E-state index contributed by atoms with van der Waals surface area (Å²) < 4.78 is 4.87. The molecular formula is C14H25Cl2N3O3S. The fourth-order valence-electron chi connectivity index (χ4n) is 1.99. The first-order chi connectivity index (χ1) is 10.0. The molecule has 0 unspecified atom stereocenters. The van der Waals surface area contributed by atoms with E-state index in [1.807, 2.05) is 13.8 Å². The molecule has 0 aliphatic carbocycles. The van der Waals surface area contributed by atoms with Crippen molar-refractivity contribution in [3.63, 3.8) is 0 Å². The molecule has 0 saturated carbocycles. The molecule has 23 heavy (non-hydrogen) atoms. The zero-order valence-corrected chi connectivity index (χ0v) is 16.0. The molecule has 0 bridgehead atoms. The lowest BCUT2D eigenvalue weighted by Crippen LogP contribution is -2.45. The molecule has 9 heteroatoms. The van der Waals surface area contributed by atoms with Crippen LogP contribution in [0.4, 0.5) is 0 Å². The standard InChI is InChI=1S/C14H23N3O3S.2ClH/c1-4-14(5-2,9-15)13(19)16-7-11-17-10(8-21-11)12(18)20-6-3;;/h8H,4-7,9,15H2,1-3H3,(H,16,19);2*1H. The van der Waals surface area contributed by atoms with E-state index in [-0.39, 0.29) is 36.4 Å². The molecule has 0 radical (unpaired) electrons. The normalized spacial score (nSPS) is 10.3. The van der Waals surface area contributed by atoms with Crippen LogP contribution in [0.1, 0.15) is 49.1 Å². The van der Waals surface area contributed by atoms with E-state index in [2.05, 4.69) is 10.3 Å². The maximum absolute atomic E-state index is 12.3. The van der Waals surface area contributed by atoms with Crippen LogP contribution in [0.5, 0.6) is 0 Å². The fourth-order valence-corrected chi connectivity index (χ4v) is 2.69. The first kappa shape index (κ1) is 24.4. The van der Waals surface area contributed by atoms with Crippen LogP contribution >= 0.6 is 36.2 Å². The minimum atomic E-state index is -0.527. The minimum Gasteiger partial charge on any atom is -0.461 e. The number of thiazole rings is 1. The van der Waals surface area contributed by atoms with Crippen molar-refractivity contribution in [1.29, 1.82) is 0 Å². The largest absolute Gasteiger partial charge is 0.461 e. The summed E-state index contributed by atoms with van der Waals surface area (Å²) in [4.78, 5) is 27.9. The van der Waals surface area contributed by atoms with Crippen LogP contribution in [-0.2, 0) is 16.1 Å². The van der Waals surface area contributed by atoms with E-state index in [1.54, 1.807) is 12.3 Å². The van der Waals surface area contributed by atoms with Gasteiger partial charge in [-0.25, -0.2) is 9.78 Å². The molecule has 0 aliphatic rings. The van der Waals surface area contributed by atoms with Crippen molar-refractivity contribution in [2.45, 2.75) is 40.2 Å². The second-order valence-corrected chi connectivity index (χ2v) is 5.66. The van der Waals surface area contributed by atoms with Crippen molar-refractivity contribution in [1.82, 2.24) is 10.3 Å². The van der Waals surface area contributed by atoms with Crippen LogP contribution in [0.2, 0.25) is 0 Å². The molecule has 0 saturated heterocycles. The summed E-state index contributed by atoms with van der Waals surface area (Å²) in [5.41, 5.74) is 5.49. The Morgan fingerprint density at radius 2 is 1.91 bits per heavy atom. The van der Waals surface area contributed by atoms with Crippen LogP contribution in [-0.4, -0.2) is 30.0 Å². The van der Waals surface area contributed by atoms with Gasteiger partial charge in [0.25, 0.3) is 0 Å². The van der Waals surface area contributed by atoms with Crippen molar-refractivity contribution in [3.8, 4) is 0 Å². The van der Waals surface area contributed by atoms with Crippen molar-refractivity contribution < 1.29 is 14.3 Å². The second kappa shape index (κ2) is 11.6. The number of hydrogen-bond donors (Lipinski definition) is 2. The van der Waals surface area contributed by atoms with Crippen LogP contribution < -0.4 is 11.1 Å². The number of ether oxygens (including phenoxy) is 1. The molecular weight excluding hydrogens is 361 g/mol. The zero-order chi connectivity index (χ0) is 15.9. The first-order valence-corrected chi connectivity index (χ1v) is 8.00. The predicted molar refractivity (Wildman–Crippen MR) is 96.5 cm³/mol. The molecule has 1 heterocycles. The Balaban J connectivity index is 0. The summed E-state index contributed by atoms with van der Waals surface area (Å²) in [7, 11) is 0. The third-order valence-corrected chi connectivity index (χ3v) is 4.51. The molecule has 134 valence electrons. The minimum absolute atomic E-state index is 0. The highest BCUT2D eigenvalue weighted by molar-refractivity contribution is 7.09. The maximum Gasteiger partial charge on any atom is 0.357 e. The van der Waals surface area contributed by atoms with E-state index in [1.165, 1.54) is 11.3 Å². The second-order valence-electron chi connectivity index (χ2n) is 4.72. The van der Waals surface area contributed by atoms with Gasteiger partial charge in [0.2, 0.25) is 5.91 Å². The Kier molecular flexibility index (Phi) is 12.3. The van der Waals surface area contributed by atoms with Gasteiger partial charge < -0.3 is 15.8 Å². The highest BCUT2D eigenvalue weighted by Crippen LogP contribution is 2.25. The van der Waals surface area contributed by atoms with Gasteiger partial charge in [-0.2, -0.15) is 0 Å². The van der Waals surface area contributed by atoms with Gasteiger partial charge >= 0.3 is 5.97 Å². The van der Waals surface area contributed by atoms with Crippen molar-refractivity contribution in [2.24, 2.45) is 11.1 Å². The molecule has 1 rings (SSSR count). The van der Waals surface area contributed by atoms with E-state index in [0.29, 0.717) is 37.5 Å². The van der Waals surface area contributed by atoms with Crippen molar-refractivity contribution in [2.75, 3.05) is 13.2 Å². The SMILES string of the molecule is CCOC(=O)c1csc(CNC(=O)C(CC)(CC)CN)n1.Cl.Cl. The van der Waals surface area contributed by atoms with Crippen molar-refractivity contribution in [3.05, 3.63) is 16.1 Å². The number of nitrogens with two attached hydrogens (primary N) is 1. The number of esters is 1. The molecule has 3 N–H and O–H groups in total. The number of rotatable bonds is 8. The molecule has 6 nitrogen and oxygen atoms in total. The number of nitrogens with one attached hydrogen (secondary N) is 1. The van der Waals surface area contributed by atoms with E-state index in [0.717, 1.165) is 0 Å². The summed E-state index contributed by atoms with van der Waals surface area (Å²) in [6.07, 6.45) is 1.38.